The number of aromatic nitrogens is 1. The number of thiazole rings is 1. The zero-order chi connectivity index (χ0) is 18.0. The summed E-state index contributed by atoms with van der Waals surface area (Å²) < 4.78 is 25.4. The summed E-state index contributed by atoms with van der Waals surface area (Å²) in [6.45, 7) is 2.52. The van der Waals surface area contributed by atoms with Crippen molar-refractivity contribution in [2.75, 3.05) is 18.8 Å². The molecule has 1 aliphatic heterocycles. The number of sulfone groups is 1. The molecule has 5 nitrogen and oxygen atoms in total. The number of amides is 1. The van der Waals surface area contributed by atoms with E-state index in [1.54, 1.807) is 35.4 Å². The second-order valence-electron chi connectivity index (χ2n) is 6.07. The maximum absolute atomic E-state index is 12.7. The summed E-state index contributed by atoms with van der Waals surface area (Å²) in [6, 6.07) is 7.02. The molecule has 8 heteroatoms. The van der Waals surface area contributed by atoms with Gasteiger partial charge in [0.05, 0.1) is 22.4 Å². The minimum atomic E-state index is -3.36. The van der Waals surface area contributed by atoms with Crippen LogP contribution in [0.2, 0.25) is 5.02 Å². The molecule has 0 spiro atoms. The van der Waals surface area contributed by atoms with Crippen molar-refractivity contribution < 1.29 is 13.2 Å². The highest BCUT2D eigenvalue weighted by molar-refractivity contribution is 7.91. The lowest BCUT2D eigenvalue weighted by atomic mass is 10.1. The van der Waals surface area contributed by atoms with Gasteiger partial charge < -0.3 is 4.90 Å². The van der Waals surface area contributed by atoms with E-state index in [0.717, 1.165) is 9.88 Å². The Morgan fingerprint density at radius 2 is 2.12 bits per heavy atom. The van der Waals surface area contributed by atoms with E-state index in [4.69, 9.17) is 11.6 Å². The van der Waals surface area contributed by atoms with Crippen molar-refractivity contribution in [2.45, 2.75) is 25.0 Å². The average Bonchev–Trinajstić information content (AvgIpc) is 2.88. The number of nitrogens with zero attached hydrogens (tertiary/aromatic N) is 2. The highest BCUT2D eigenvalue weighted by Gasteiger charge is 2.33. The summed E-state index contributed by atoms with van der Waals surface area (Å²) in [5, 5.41) is 0.709. The van der Waals surface area contributed by atoms with Gasteiger partial charge in [0.1, 0.15) is 0 Å². The van der Waals surface area contributed by atoms with Crippen LogP contribution in [0.4, 0.5) is 0 Å². The van der Waals surface area contributed by atoms with E-state index in [-0.39, 0.29) is 24.6 Å². The van der Waals surface area contributed by atoms with Crippen molar-refractivity contribution in [3.63, 3.8) is 0 Å². The molecule has 1 saturated heterocycles. The van der Waals surface area contributed by atoms with E-state index in [9.17, 15) is 13.2 Å². The molecule has 1 aliphatic rings. The Morgan fingerprint density at radius 1 is 1.36 bits per heavy atom. The fourth-order valence-electron chi connectivity index (χ4n) is 3.03. The fraction of sp³-hybridized carbons (Fsp3) is 0.412. The molecule has 1 aromatic carbocycles. The van der Waals surface area contributed by atoms with E-state index < -0.39 is 15.1 Å². The molecule has 0 N–H and O–H groups in total. The molecule has 0 saturated carbocycles. The largest absolute Gasteiger partial charge is 0.341 e. The zero-order valence-electron chi connectivity index (χ0n) is 13.8. The first-order valence-electron chi connectivity index (χ1n) is 8.02. The Morgan fingerprint density at radius 3 is 2.80 bits per heavy atom. The molecule has 0 aliphatic carbocycles. The highest BCUT2D eigenvalue weighted by atomic mass is 35.5. The normalized spacial score (nSPS) is 20.2. The Bertz CT molecular complexity index is 880. The fourth-order valence-corrected chi connectivity index (χ4v) is 5.96. The molecule has 1 aromatic heterocycles. The minimum absolute atomic E-state index is 0.0453. The monoisotopic (exact) mass is 398 g/mol. The molecule has 3 rings (SSSR count). The molecule has 134 valence electrons. The highest BCUT2D eigenvalue weighted by Crippen LogP contribution is 2.34. The van der Waals surface area contributed by atoms with E-state index in [0.29, 0.717) is 23.6 Å². The quantitative estimate of drug-likeness (QED) is 0.796. The number of benzene rings is 1. The number of hydrogen-bond acceptors (Lipinski definition) is 5. The van der Waals surface area contributed by atoms with Gasteiger partial charge in [-0.25, -0.2) is 13.4 Å². The number of halogens is 1. The van der Waals surface area contributed by atoms with Gasteiger partial charge in [0.15, 0.2) is 9.84 Å². The molecule has 2 aromatic rings. The Hall–Kier alpha value is -1.44. The molecule has 2 heterocycles. The maximum Gasteiger partial charge on any atom is 0.227 e. The van der Waals surface area contributed by atoms with E-state index in [2.05, 4.69) is 4.98 Å². The number of hydrogen-bond donors (Lipinski definition) is 0. The first-order valence-corrected chi connectivity index (χ1v) is 10.9. The molecule has 1 fully saturated rings. The van der Waals surface area contributed by atoms with Crippen molar-refractivity contribution in [2.24, 2.45) is 0 Å². The summed E-state index contributed by atoms with van der Waals surface area (Å²) in [5.74, 6) is -0.102. The van der Waals surface area contributed by atoms with Gasteiger partial charge in [-0.1, -0.05) is 29.8 Å². The van der Waals surface area contributed by atoms with Crippen LogP contribution in [0.25, 0.3) is 0 Å². The summed E-state index contributed by atoms with van der Waals surface area (Å²) in [5.41, 5.74) is 0.622. The number of carbonyl (C=O) groups excluding carboxylic acids is 1. The summed E-state index contributed by atoms with van der Waals surface area (Å²) in [4.78, 5) is 19.2. The van der Waals surface area contributed by atoms with Crippen LogP contribution in [-0.2, 0) is 21.1 Å². The molecule has 1 amide bonds. The van der Waals surface area contributed by atoms with Crippen LogP contribution in [0.1, 0.15) is 27.1 Å². The van der Waals surface area contributed by atoms with Gasteiger partial charge >= 0.3 is 0 Å². The second kappa shape index (κ2) is 7.43. The second-order valence-corrected chi connectivity index (χ2v) is 10.1. The van der Waals surface area contributed by atoms with Gasteiger partial charge in [-0.05, 0) is 25.0 Å². The number of carbonyl (C=O) groups is 1. The van der Waals surface area contributed by atoms with Gasteiger partial charge in [-0.2, -0.15) is 0 Å². The van der Waals surface area contributed by atoms with Crippen LogP contribution < -0.4 is 0 Å². The van der Waals surface area contributed by atoms with E-state index in [1.165, 1.54) is 11.3 Å². The number of rotatable bonds is 3. The lowest BCUT2D eigenvalue weighted by molar-refractivity contribution is -0.130. The molecule has 1 atom stereocenters. The third-order valence-corrected chi connectivity index (χ3v) is 7.71. The van der Waals surface area contributed by atoms with Crippen LogP contribution in [0, 0.1) is 6.92 Å². The summed E-state index contributed by atoms with van der Waals surface area (Å²) >= 11 is 7.69. The molecule has 0 radical (unpaired) electrons. The van der Waals surface area contributed by atoms with E-state index >= 15 is 0 Å². The molecular weight excluding hydrogens is 380 g/mol. The molecule has 0 bridgehead atoms. The van der Waals surface area contributed by atoms with Gasteiger partial charge in [0.25, 0.3) is 0 Å². The standard InChI is InChI=1S/C17H19ClN2O3S2/c1-12-19-11-13(24-12)10-17(21)20-7-6-16(25(22,23)9-8-20)14-4-2-3-5-15(14)18/h2-5,11,16H,6-10H2,1H3. The van der Waals surface area contributed by atoms with E-state index in [1.807, 2.05) is 6.92 Å². The number of aryl methyl sites for hydroxylation is 1. The first kappa shape index (κ1) is 18.4. The zero-order valence-corrected chi connectivity index (χ0v) is 16.2. The van der Waals surface area contributed by atoms with Crippen LogP contribution in [-0.4, -0.2) is 43.1 Å². The minimum Gasteiger partial charge on any atom is -0.341 e. The average molecular weight is 399 g/mol. The topological polar surface area (TPSA) is 67.3 Å². The third-order valence-electron chi connectivity index (χ3n) is 4.34. The van der Waals surface area contributed by atoms with Crippen molar-refractivity contribution in [1.82, 2.24) is 9.88 Å². The smallest absolute Gasteiger partial charge is 0.227 e. The Labute approximate surface area is 156 Å². The predicted molar refractivity (Wildman–Crippen MR) is 99.7 cm³/mol. The van der Waals surface area contributed by atoms with Crippen molar-refractivity contribution >= 4 is 38.7 Å². The molecule has 25 heavy (non-hydrogen) atoms. The van der Waals surface area contributed by atoms with Gasteiger partial charge in [-0.3, -0.25) is 4.79 Å². The first-order chi connectivity index (χ1) is 11.9. The molecule has 1 unspecified atom stereocenters. The summed E-state index contributed by atoms with van der Waals surface area (Å²) in [6.07, 6.45) is 2.33. The van der Waals surface area contributed by atoms with Crippen molar-refractivity contribution in [3.05, 3.63) is 50.9 Å². The van der Waals surface area contributed by atoms with Crippen LogP contribution >= 0.6 is 22.9 Å². The molecular formula is C17H19ClN2O3S2. The van der Waals surface area contributed by atoms with Gasteiger partial charge in [0.2, 0.25) is 5.91 Å². The SMILES string of the molecule is Cc1ncc(CC(=O)N2CCC(c3ccccc3Cl)S(=O)(=O)CC2)s1. The summed E-state index contributed by atoms with van der Waals surface area (Å²) in [7, 11) is -3.36. The van der Waals surface area contributed by atoms with Crippen molar-refractivity contribution in [3.8, 4) is 0 Å². The predicted octanol–water partition coefficient (Wildman–Crippen LogP) is 3.04. The van der Waals surface area contributed by atoms with Crippen LogP contribution in [0.3, 0.4) is 0 Å². The van der Waals surface area contributed by atoms with Crippen molar-refractivity contribution in [1.29, 1.82) is 0 Å². The maximum atomic E-state index is 12.7. The third kappa shape index (κ3) is 4.22. The Balaban J connectivity index is 1.76. The van der Waals surface area contributed by atoms with Crippen LogP contribution in [0.15, 0.2) is 30.5 Å². The van der Waals surface area contributed by atoms with Gasteiger partial charge in [0, 0.05) is 29.2 Å². The van der Waals surface area contributed by atoms with Gasteiger partial charge in [-0.15, -0.1) is 11.3 Å². The lowest BCUT2D eigenvalue weighted by Crippen LogP contribution is -2.34. The van der Waals surface area contributed by atoms with Crippen LogP contribution in [0.5, 0.6) is 0 Å². The lowest BCUT2D eigenvalue weighted by Gasteiger charge is -2.19. The Kier molecular flexibility index (Phi) is 5.46.